The molecule has 0 aliphatic heterocycles. The Labute approximate surface area is 133 Å². The standard InChI is InChI=1S/C15H17F2N3O.ClH/c16-11-6-5-10(7-12(11)17)15-19-14(21-20-15)8-9-3-1-2-4-13(9)18;/h5-7,9,13H,1-4,8,18H2;1H. The molecular weight excluding hydrogens is 312 g/mol. The highest BCUT2D eigenvalue weighted by Gasteiger charge is 2.24. The first-order valence-corrected chi connectivity index (χ1v) is 7.17. The first-order chi connectivity index (χ1) is 10.1. The molecule has 1 aliphatic carbocycles. The summed E-state index contributed by atoms with van der Waals surface area (Å²) in [6, 6.07) is 3.71. The fourth-order valence-corrected chi connectivity index (χ4v) is 2.80. The van der Waals surface area contributed by atoms with Crippen molar-refractivity contribution in [1.82, 2.24) is 10.1 Å². The Hall–Kier alpha value is -1.53. The second kappa shape index (κ2) is 7.15. The lowest BCUT2D eigenvalue weighted by atomic mass is 9.83. The maximum atomic E-state index is 13.2. The highest BCUT2D eigenvalue weighted by atomic mass is 35.5. The first-order valence-electron chi connectivity index (χ1n) is 7.17. The van der Waals surface area contributed by atoms with Crippen LogP contribution in [0.4, 0.5) is 8.78 Å². The summed E-state index contributed by atoms with van der Waals surface area (Å²) < 4.78 is 31.3. The molecule has 2 aromatic rings. The average molecular weight is 330 g/mol. The van der Waals surface area contributed by atoms with Crippen LogP contribution in [0, 0.1) is 17.6 Å². The van der Waals surface area contributed by atoms with Crippen LogP contribution in [-0.2, 0) is 6.42 Å². The van der Waals surface area contributed by atoms with Crippen LogP contribution in [0.1, 0.15) is 31.6 Å². The van der Waals surface area contributed by atoms with E-state index in [-0.39, 0.29) is 24.3 Å². The van der Waals surface area contributed by atoms with Gasteiger partial charge in [0.2, 0.25) is 11.7 Å². The molecule has 2 N–H and O–H groups in total. The van der Waals surface area contributed by atoms with Crippen LogP contribution in [0.25, 0.3) is 11.4 Å². The van der Waals surface area contributed by atoms with Crippen LogP contribution in [0.3, 0.4) is 0 Å². The van der Waals surface area contributed by atoms with Crippen LogP contribution in [0.5, 0.6) is 0 Å². The van der Waals surface area contributed by atoms with Crippen LogP contribution in [-0.4, -0.2) is 16.2 Å². The molecule has 1 aliphatic rings. The molecule has 2 atom stereocenters. The lowest BCUT2D eigenvalue weighted by molar-refractivity contribution is 0.273. The number of rotatable bonds is 3. The van der Waals surface area contributed by atoms with Gasteiger partial charge in [-0.05, 0) is 37.0 Å². The molecule has 7 heteroatoms. The third-order valence-electron chi connectivity index (χ3n) is 4.05. The second-order valence-corrected chi connectivity index (χ2v) is 5.55. The number of hydrogen-bond donors (Lipinski definition) is 1. The molecule has 120 valence electrons. The topological polar surface area (TPSA) is 64.9 Å². The van der Waals surface area contributed by atoms with Crippen molar-refractivity contribution < 1.29 is 13.3 Å². The van der Waals surface area contributed by atoms with Crippen LogP contribution >= 0.6 is 12.4 Å². The van der Waals surface area contributed by atoms with E-state index >= 15 is 0 Å². The molecule has 2 unspecified atom stereocenters. The van der Waals surface area contributed by atoms with E-state index in [1.165, 1.54) is 18.9 Å². The molecule has 0 radical (unpaired) electrons. The monoisotopic (exact) mass is 329 g/mol. The van der Waals surface area contributed by atoms with E-state index in [9.17, 15) is 8.78 Å². The maximum Gasteiger partial charge on any atom is 0.227 e. The molecular formula is C15H18ClF2N3O. The van der Waals surface area contributed by atoms with Crippen molar-refractivity contribution in [3.05, 3.63) is 35.7 Å². The Bertz CT molecular complexity index is 635. The lowest BCUT2D eigenvalue weighted by Gasteiger charge is -2.27. The van der Waals surface area contributed by atoms with E-state index in [4.69, 9.17) is 10.3 Å². The first kappa shape index (κ1) is 16.8. The van der Waals surface area contributed by atoms with Crippen molar-refractivity contribution in [2.45, 2.75) is 38.1 Å². The summed E-state index contributed by atoms with van der Waals surface area (Å²) in [4.78, 5) is 4.26. The van der Waals surface area contributed by atoms with Crippen LogP contribution in [0.15, 0.2) is 22.7 Å². The number of halogens is 3. The van der Waals surface area contributed by atoms with Gasteiger partial charge in [-0.25, -0.2) is 8.78 Å². The molecule has 0 spiro atoms. The third kappa shape index (κ3) is 3.62. The molecule has 0 amide bonds. The van der Waals surface area contributed by atoms with Gasteiger partial charge in [-0.1, -0.05) is 18.0 Å². The number of nitrogens with two attached hydrogens (primary N) is 1. The van der Waals surface area contributed by atoms with Crippen LogP contribution in [0.2, 0.25) is 0 Å². The van der Waals surface area contributed by atoms with Gasteiger partial charge in [-0.2, -0.15) is 4.98 Å². The van der Waals surface area contributed by atoms with Gasteiger partial charge >= 0.3 is 0 Å². The zero-order chi connectivity index (χ0) is 14.8. The molecule has 22 heavy (non-hydrogen) atoms. The van der Waals surface area contributed by atoms with Gasteiger partial charge in [-0.3, -0.25) is 0 Å². The number of benzene rings is 1. The fourth-order valence-electron chi connectivity index (χ4n) is 2.80. The Kier molecular flexibility index (Phi) is 5.47. The Morgan fingerprint density at radius 2 is 1.95 bits per heavy atom. The zero-order valence-electron chi connectivity index (χ0n) is 12.0. The quantitative estimate of drug-likeness (QED) is 0.936. The minimum absolute atomic E-state index is 0. The Morgan fingerprint density at radius 1 is 1.18 bits per heavy atom. The van der Waals surface area contributed by atoms with Gasteiger partial charge in [-0.15, -0.1) is 12.4 Å². The molecule has 1 aromatic carbocycles. The highest BCUT2D eigenvalue weighted by Crippen LogP contribution is 2.26. The molecule has 4 nitrogen and oxygen atoms in total. The molecule has 1 heterocycles. The van der Waals surface area contributed by atoms with Crippen molar-refractivity contribution in [2.24, 2.45) is 11.7 Å². The minimum Gasteiger partial charge on any atom is -0.339 e. The van der Waals surface area contributed by atoms with Crippen molar-refractivity contribution in [3.63, 3.8) is 0 Å². The minimum atomic E-state index is -0.923. The summed E-state index contributed by atoms with van der Waals surface area (Å²) >= 11 is 0. The predicted molar refractivity (Wildman–Crippen MR) is 80.5 cm³/mol. The lowest BCUT2D eigenvalue weighted by Crippen LogP contribution is -2.34. The zero-order valence-corrected chi connectivity index (χ0v) is 12.8. The third-order valence-corrected chi connectivity index (χ3v) is 4.05. The average Bonchev–Trinajstić information content (AvgIpc) is 2.93. The van der Waals surface area contributed by atoms with Crippen molar-refractivity contribution in [1.29, 1.82) is 0 Å². The van der Waals surface area contributed by atoms with Crippen molar-refractivity contribution >= 4 is 12.4 Å². The summed E-state index contributed by atoms with van der Waals surface area (Å²) in [7, 11) is 0. The molecule has 0 bridgehead atoms. The predicted octanol–water partition coefficient (Wildman–Crippen LogP) is 3.50. The van der Waals surface area contributed by atoms with E-state index in [0.29, 0.717) is 23.8 Å². The highest BCUT2D eigenvalue weighted by molar-refractivity contribution is 5.85. The van der Waals surface area contributed by atoms with Crippen molar-refractivity contribution in [2.75, 3.05) is 0 Å². The van der Waals surface area contributed by atoms with Gasteiger partial charge in [0.1, 0.15) is 0 Å². The fraction of sp³-hybridized carbons (Fsp3) is 0.467. The smallest absolute Gasteiger partial charge is 0.227 e. The second-order valence-electron chi connectivity index (χ2n) is 5.55. The normalized spacial score (nSPS) is 21.4. The number of aromatic nitrogens is 2. The van der Waals surface area contributed by atoms with E-state index in [0.717, 1.165) is 25.0 Å². The molecule has 1 saturated carbocycles. The summed E-state index contributed by atoms with van der Waals surface area (Å²) in [5.41, 5.74) is 6.50. The van der Waals surface area contributed by atoms with Gasteiger partial charge in [0, 0.05) is 18.0 Å². The van der Waals surface area contributed by atoms with Gasteiger partial charge in [0.05, 0.1) is 0 Å². The van der Waals surface area contributed by atoms with E-state index in [1.807, 2.05) is 0 Å². The van der Waals surface area contributed by atoms with E-state index in [2.05, 4.69) is 10.1 Å². The molecule has 1 aromatic heterocycles. The van der Waals surface area contributed by atoms with Gasteiger partial charge in [0.25, 0.3) is 0 Å². The van der Waals surface area contributed by atoms with E-state index in [1.54, 1.807) is 0 Å². The summed E-state index contributed by atoms with van der Waals surface area (Å²) in [5.74, 6) is -0.703. The van der Waals surface area contributed by atoms with Gasteiger partial charge in [0.15, 0.2) is 11.6 Å². The Balaban J connectivity index is 0.00000176. The molecule has 3 rings (SSSR count). The largest absolute Gasteiger partial charge is 0.339 e. The Morgan fingerprint density at radius 3 is 2.68 bits per heavy atom. The van der Waals surface area contributed by atoms with Crippen LogP contribution < -0.4 is 5.73 Å². The van der Waals surface area contributed by atoms with E-state index < -0.39 is 11.6 Å². The number of hydrogen-bond acceptors (Lipinski definition) is 4. The summed E-state index contributed by atoms with van der Waals surface area (Å²) in [5, 5.41) is 3.83. The molecule has 0 saturated heterocycles. The van der Waals surface area contributed by atoms with Crippen molar-refractivity contribution in [3.8, 4) is 11.4 Å². The van der Waals surface area contributed by atoms with Gasteiger partial charge < -0.3 is 10.3 Å². The summed E-state index contributed by atoms with van der Waals surface area (Å²) in [6.07, 6.45) is 5.06. The molecule has 1 fully saturated rings. The SMILES string of the molecule is Cl.NC1CCCCC1Cc1nc(-c2ccc(F)c(F)c2)no1. The maximum absolute atomic E-state index is 13.2. The number of nitrogens with zero attached hydrogens (tertiary/aromatic N) is 2. The summed E-state index contributed by atoms with van der Waals surface area (Å²) in [6.45, 7) is 0.